The molecule has 0 aromatic carbocycles. The number of rotatable bonds is 17. The smallest absolute Gasteiger partial charge is 0.270 e. The van der Waals surface area contributed by atoms with Gasteiger partial charge in [-0.25, -0.2) is 0 Å². The van der Waals surface area contributed by atoms with E-state index in [0.717, 1.165) is 14.7 Å². The Bertz CT molecular complexity index is 2490. The molecular formula is C65H115N11O13. The summed E-state index contributed by atoms with van der Waals surface area (Å²) in [6.07, 6.45) is 3.22. The van der Waals surface area contributed by atoms with Crippen LogP contribution in [0.3, 0.4) is 0 Å². The Kier molecular flexibility index (Phi) is 32.4. The van der Waals surface area contributed by atoms with Crippen molar-refractivity contribution in [3.05, 3.63) is 24.4 Å². The molecule has 0 aliphatic carbocycles. The lowest BCUT2D eigenvalue weighted by atomic mass is 9.91. The number of nitrogens with one attached hydrogen (secondary N) is 4. The van der Waals surface area contributed by atoms with E-state index in [0.29, 0.717) is 12.8 Å². The predicted octanol–water partition coefficient (Wildman–Crippen LogP) is 3.68. The SMILES string of the molecule is C=C1C(=O)N(C)[C@@H](CC(C)(C)O)C(=O)N[C@H](C(C)C)C(=O)N(C)[C@H](CCC(C)C)C(=O)N[C@H](C)C(=O)N[C@@H](C)C(=O)N(C)[C@@H](CC(C)C)C(=O)N(C)[C@H](CCC(C)C)C(=O)N(C)[C@H](C(C)C)C(=O)N(C)[C@@H]([C@H](O)[C@H](C)C/C=C/C)C(=O)N[C@H](CC)C(=O)N1C. The number of aliphatic hydroxyl groups excluding tert-OH is 1. The number of amides is 11. The summed E-state index contributed by atoms with van der Waals surface area (Å²) in [4.78, 5) is 169. The van der Waals surface area contributed by atoms with Gasteiger partial charge >= 0.3 is 0 Å². The lowest BCUT2D eigenvalue weighted by Crippen LogP contribution is -2.63. The molecule has 0 saturated carbocycles. The van der Waals surface area contributed by atoms with Gasteiger partial charge in [-0.05, 0) is 115 Å². The second-order valence-electron chi connectivity index (χ2n) is 27.2. The van der Waals surface area contributed by atoms with Gasteiger partial charge in [-0.15, -0.1) is 0 Å². The highest BCUT2D eigenvalue weighted by atomic mass is 16.3. The largest absolute Gasteiger partial charge is 0.390 e. The Morgan fingerprint density at radius 3 is 1.47 bits per heavy atom. The topological polar surface area (TPSA) is 299 Å². The van der Waals surface area contributed by atoms with Gasteiger partial charge in [0, 0.05) is 55.8 Å². The van der Waals surface area contributed by atoms with Crippen LogP contribution in [0.2, 0.25) is 0 Å². The number of carbonyl (C=O) groups excluding carboxylic acids is 11. The number of aliphatic hydroxyl groups is 2. The minimum Gasteiger partial charge on any atom is -0.390 e. The Balaban J connectivity index is 4.44. The van der Waals surface area contributed by atoms with Gasteiger partial charge in [0.1, 0.15) is 66.1 Å². The zero-order chi connectivity index (χ0) is 69.2. The Morgan fingerprint density at radius 2 is 1.00 bits per heavy atom. The third-order valence-corrected chi connectivity index (χ3v) is 16.9. The molecule has 1 aliphatic heterocycles. The van der Waals surface area contributed by atoms with Gasteiger partial charge in [-0.1, -0.05) is 102 Å². The fourth-order valence-electron chi connectivity index (χ4n) is 10.9. The molecule has 0 aromatic heterocycles. The van der Waals surface area contributed by atoms with Crippen molar-refractivity contribution in [1.82, 2.24) is 55.6 Å². The molecule has 24 nitrogen and oxygen atoms in total. The summed E-state index contributed by atoms with van der Waals surface area (Å²) in [5.41, 5.74) is -2.04. The molecule has 1 aliphatic rings. The Hall–Kier alpha value is -6.43. The van der Waals surface area contributed by atoms with Crippen molar-refractivity contribution in [2.45, 2.75) is 241 Å². The average Bonchev–Trinajstić information content (AvgIpc) is 0.932. The molecule has 1 rings (SSSR count). The fourth-order valence-corrected chi connectivity index (χ4v) is 10.9. The third-order valence-electron chi connectivity index (χ3n) is 16.9. The van der Waals surface area contributed by atoms with Crippen molar-refractivity contribution in [2.75, 3.05) is 49.3 Å². The molecule has 6 N–H and O–H groups in total. The van der Waals surface area contributed by atoms with Crippen LogP contribution in [0, 0.1) is 35.5 Å². The van der Waals surface area contributed by atoms with Crippen LogP contribution in [-0.2, 0) is 52.7 Å². The summed E-state index contributed by atoms with van der Waals surface area (Å²) >= 11 is 0. The van der Waals surface area contributed by atoms with Crippen molar-refractivity contribution < 1.29 is 63.0 Å². The highest BCUT2D eigenvalue weighted by Gasteiger charge is 2.46. The summed E-state index contributed by atoms with van der Waals surface area (Å²) < 4.78 is 0. The Labute approximate surface area is 532 Å². The van der Waals surface area contributed by atoms with E-state index in [1.165, 1.54) is 96.6 Å². The molecule has 12 atom stereocenters. The standard InChI is InChI=1S/C65H115N11O13/c1-26-28-29-41(13)53(77)52-57(81)68-45(27-2)60(84)70(19)44(16)59(83)74(23)49(35-65(17,18)89)56(80)69-50(39(9)10)63(87)71(20)46(32-30-36(3)4)55(79)66-42(14)54(78)67-43(15)58(82)73(22)48(34-38(7)8)62(86)72(21)47(33-31-37(5)6)61(85)75(24)51(40(11)12)64(88)76(52)25/h26,28,36-43,45-53,77,89H,16,27,29-35H2,1-15,17-25H3,(H,66,79)(H,67,78)(H,68,81)(H,69,80)/b28-26+/t41-,42-,43+,45-,46-,47-,48+,49+,50-,51-,52+,53-/m1/s1. The van der Waals surface area contributed by atoms with Crippen LogP contribution in [0.25, 0.3) is 0 Å². The number of carbonyl (C=O) groups is 11. The first-order valence-electron chi connectivity index (χ1n) is 31.7. The molecule has 0 radical (unpaired) electrons. The molecule has 24 heteroatoms. The summed E-state index contributed by atoms with van der Waals surface area (Å²) in [5, 5.41) is 34.1. The van der Waals surface area contributed by atoms with E-state index in [4.69, 9.17) is 0 Å². The van der Waals surface area contributed by atoms with Crippen molar-refractivity contribution >= 4 is 65.0 Å². The van der Waals surface area contributed by atoms with Crippen LogP contribution in [-0.4, -0.2) is 231 Å². The summed E-state index contributed by atoms with van der Waals surface area (Å²) in [6, 6.07) is -13.2. The molecule has 1 saturated heterocycles. The van der Waals surface area contributed by atoms with E-state index >= 15 is 14.4 Å². The first-order valence-corrected chi connectivity index (χ1v) is 31.7. The minimum atomic E-state index is -1.67. The maximum Gasteiger partial charge on any atom is 0.270 e. The van der Waals surface area contributed by atoms with E-state index in [9.17, 15) is 48.6 Å². The van der Waals surface area contributed by atoms with Crippen LogP contribution in [0.1, 0.15) is 169 Å². The van der Waals surface area contributed by atoms with Crippen LogP contribution in [0.4, 0.5) is 0 Å². The second-order valence-corrected chi connectivity index (χ2v) is 27.2. The van der Waals surface area contributed by atoms with Crippen molar-refractivity contribution in [3.63, 3.8) is 0 Å². The van der Waals surface area contributed by atoms with Crippen molar-refractivity contribution in [2.24, 2.45) is 35.5 Å². The molecule has 0 bridgehead atoms. The minimum absolute atomic E-state index is 0.0608. The van der Waals surface area contributed by atoms with E-state index < -0.39 is 161 Å². The molecular weight excluding hydrogens is 1140 g/mol. The molecule has 0 unspecified atom stereocenters. The maximum atomic E-state index is 15.2. The molecule has 0 spiro atoms. The molecule has 1 heterocycles. The van der Waals surface area contributed by atoms with E-state index in [2.05, 4.69) is 27.8 Å². The zero-order valence-electron chi connectivity index (χ0n) is 58.3. The molecule has 0 aromatic rings. The van der Waals surface area contributed by atoms with Crippen LogP contribution < -0.4 is 21.3 Å². The van der Waals surface area contributed by atoms with Gasteiger partial charge in [0.15, 0.2) is 0 Å². The van der Waals surface area contributed by atoms with E-state index in [-0.39, 0.29) is 56.3 Å². The van der Waals surface area contributed by atoms with Gasteiger partial charge in [-0.2, -0.15) is 0 Å². The predicted molar refractivity (Wildman–Crippen MR) is 343 cm³/mol. The van der Waals surface area contributed by atoms with Gasteiger partial charge in [0.2, 0.25) is 59.1 Å². The van der Waals surface area contributed by atoms with Gasteiger partial charge in [0.25, 0.3) is 5.91 Å². The van der Waals surface area contributed by atoms with E-state index in [1.807, 2.05) is 41.5 Å². The average molecular weight is 1260 g/mol. The first-order chi connectivity index (χ1) is 40.9. The number of hydrogen-bond acceptors (Lipinski definition) is 13. The number of nitrogens with zero attached hydrogens (tertiary/aromatic N) is 7. The normalized spacial score (nSPS) is 26.4. The quantitative estimate of drug-likeness (QED) is 0.0896. The molecule has 89 heavy (non-hydrogen) atoms. The lowest BCUT2D eigenvalue weighted by Gasteiger charge is -2.41. The summed E-state index contributed by atoms with van der Waals surface area (Å²) in [6.45, 7) is 33.0. The zero-order valence-corrected chi connectivity index (χ0v) is 58.3. The van der Waals surface area contributed by atoms with Crippen molar-refractivity contribution in [1.29, 1.82) is 0 Å². The molecule has 1 fully saturated rings. The fraction of sp³-hybridized carbons (Fsp3) is 0.769. The monoisotopic (exact) mass is 1260 g/mol. The van der Waals surface area contributed by atoms with Crippen LogP contribution in [0.5, 0.6) is 0 Å². The number of hydrogen-bond donors (Lipinski definition) is 6. The molecule has 508 valence electrons. The van der Waals surface area contributed by atoms with E-state index in [1.54, 1.807) is 60.6 Å². The second kappa shape index (κ2) is 35.8. The van der Waals surface area contributed by atoms with Gasteiger partial charge in [0.05, 0.1) is 11.7 Å². The third kappa shape index (κ3) is 22.8. The van der Waals surface area contributed by atoms with Gasteiger partial charge in [-0.3, -0.25) is 52.7 Å². The van der Waals surface area contributed by atoms with Crippen LogP contribution >= 0.6 is 0 Å². The maximum absolute atomic E-state index is 15.2. The number of allylic oxidation sites excluding steroid dienone is 2. The lowest BCUT2D eigenvalue weighted by molar-refractivity contribution is -0.157. The van der Waals surface area contributed by atoms with Crippen LogP contribution in [0.15, 0.2) is 24.4 Å². The van der Waals surface area contributed by atoms with Crippen molar-refractivity contribution in [3.8, 4) is 0 Å². The van der Waals surface area contributed by atoms with Gasteiger partial charge < -0.3 is 65.8 Å². The Morgan fingerprint density at radius 1 is 0.528 bits per heavy atom. The first kappa shape index (κ1) is 80.6. The summed E-state index contributed by atoms with van der Waals surface area (Å²) in [7, 11) is 9.56. The highest BCUT2D eigenvalue weighted by molar-refractivity contribution is 6.02. The molecule has 11 amide bonds. The number of likely N-dealkylation sites (N-methyl/N-ethyl adjacent to an activating group) is 7. The highest BCUT2D eigenvalue weighted by Crippen LogP contribution is 2.26. The summed E-state index contributed by atoms with van der Waals surface area (Å²) in [5.74, 6) is -10.2.